The lowest BCUT2D eigenvalue weighted by atomic mass is 10.0. The normalized spacial score (nSPS) is 11.0. The van der Waals surface area contributed by atoms with Crippen LogP contribution in [0.25, 0.3) is 22.4 Å². The van der Waals surface area contributed by atoms with Crippen molar-refractivity contribution in [3.8, 4) is 28.1 Å². The molecule has 37 heavy (non-hydrogen) atoms. The maximum atomic E-state index is 11.2. The average Bonchev–Trinajstić information content (AvgIpc) is 3.27. The van der Waals surface area contributed by atoms with Crippen LogP contribution in [0.2, 0.25) is 10.0 Å². The molecule has 5 nitrogen and oxygen atoms in total. The first-order chi connectivity index (χ1) is 17.9. The molecule has 184 valence electrons. The average molecular weight is 529 g/mol. The Morgan fingerprint density at radius 3 is 2.05 bits per heavy atom. The molecule has 0 amide bonds. The second-order valence-electron chi connectivity index (χ2n) is 8.72. The van der Waals surface area contributed by atoms with Gasteiger partial charge in [-0.3, -0.25) is 0 Å². The minimum absolute atomic E-state index is 0.237. The van der Waals surface area contributed by atoms with Crippen molar-refractivity contribution in [1.29, 1.82) is 0 Å². The quantitative estimate of drug-likeness (QED) is 0.228. The van der Waals surface area contributed by atoms with Gasteiger partial charge in [0.2, 0.25) is 0 Å². The number of phenols is 1. The van der Waals surface area contributed by atoms with Crippen LogP contribution in [-0.4, -0.2) is 25.7 Å². The Bertz CT molecular complexity index is 1560. The number of carbonyl (C=O) groups is 1. The van der Waals surface area contributed by atoms with E-state index in [0.717, 1.165) is 39.3 Å². The number of aromatic carboxylic acids is 1. The van der Waals surface area contributed by atoms with E-state index in [1.165, 1.54) is 0 Å². The third-order valence-corrected chi connectivity index (χ3v) is 6.68. The first-order valence-electron chi connectivity index (χ1n) is 11.6. The van der Waals surface area contributed by atoms with Crippen LogP contribution in [-0.2, 0) is 13.0 Å². The molecule has 0 spiro atoms. The van der Waals surface area contributed by atoms with Gasteiger partial charge in [0.1, 0.15) is 11.6 Å². The van der Waals surface area contributed by atoms with Crippen LogP contribution in [0.5, 0.6) is 5.75 Å². The Kier molecular flexibility index (Phi) is 6.99. The van der Waals surface area contributed by atoms with Crippen LogP contribution < -0.4 is 0 Å². The van der Waals surface area contributed by atoms with Gasteiger partial charge in [-0.05, 0) is 64.7 Å². The molecule has 0 atom stereocenters. The van der Waals surface area contributed by atoms with E-state index in [0.29, 0.717) is 23.0 Å². The van der Waals surface area contributed by atoms with Crippen molar-refractivity contribution in [2.75, 3.05) is 0 Å². The summed E-state index contributed by atoms with van der Waals surface area (Å²) >= 11 is 12.6. The molecule has 1 aromatic heterocycles. The molecule has 5 aromatic rings. The summed E-state index contributed by atoms with van der Waals surface area (Å²) in [5, 5.41) is 19.8. The monoisotopic (exact) mass is 528 g/mol. The first-order valence-corrected chi connectivity index (χ1v) is 12.3. The molecular formula is C30H22Cl2N2O3. The molecule has 0 saturated carbocycles. The van der Waals surface area contributed by atoms with Crippen molar-refractivity contribution < 1.29 is 15.0 Å². The SMILES string of the molecule is O=C(O)c1ccc(Cn2cc(-c3ccc(Cl)cc3Cl)nc2Cc2ccc(-c3ccc(O)cc3)cc2)cc1. The summed E-state index contributed by atoms with van der Waals surface area (Å²) < 4.78 is 2.06. The lowest BCUT2D eigenvalue weighted by Crippen LogP contribution is -2.05. The fourth-order valence-corrected chi connectivity index (χ4v) is 4.67. The number of hydrogen-bond acceptors (Lipinski definition) is 3. The summed E-state index contributed by atoms with van der Waals surface area (Å²) in [5.41, 5.74) is 5.89. The van der Waals surface area contributed by atoms with Gasteiger partial charge in [-0.25, -0.2) is 9.78 Å². The van der Waals surface area contributed by atoms with E-state index < -0.39 is 5.97 Å². The van der Waals surface area contributed by atoms with Crippen LogP contribution in [0.3, 0.4) is 0 Å². The number of halogens is 2. The largest absolute Gasteiger partial charge is 0.508 e. The second-order valence-corrected chi connectivity index (χ2v) is 9.56. The molecule has 0 aliphatic carbocycles. The number of carboxylic acids is 1. The number of hydrogen-bond donors (Lipinski definition) is 2. The van der Waals surface area contributed by atoms with Gasteiger partial charge < -0.3 is 14.8 Å². The minimum atomic E-state index is -0.953. The fraction of sp³-hybridized carbons (Fsp3) is 0.0667. The highest BCUT2D eigenvalue weighted by atomic mass is 35.5. The Morgan fingerprint density at radius 2 is 1.43 bits per heavy atom. The molecule has 0 fully saturated rings. The second kappa shape index (κ2) is 10.5. The molecule has 0 saturated heterocycles. The third-order valence-electron chi connectivity index (χ3n) is 6.14. The van der Waals surface area contributed by atoms with E-state index in [1.54, 1.807) is 36.4 Å². The standard InChI is InChI=1S/C30H22Cl2N2O3/c31-24-11-14-26(27(32)16-24)28-18-34(17-20-3-7-23(8-4-20)30(36)37)29(33-28)15-19-1-5-21(6-2-19)22-9-12-25(35)13-10-22/h1-14,16,18,35H,15,17H2,(H,36,37). The zero-order chi connectivity index (χ0) is 25.9. The topological polar surface area (TPSA) is 75.3 Å². The number of aromatic nitrogens is 2. The molecular weight excluding hydrogens is 507 g/mol. The lowest BCUT2D eigenvalue weighted by molar-refractivity contribution is 0.0697. The molecule has 0 bridgehead atoms. The number of imidazole rings is 1. The van der Waals surface area contributed by atoms with Crippen LogP contribution in [0.15, 0.2) is 97.2 Å². The van der Waals surface area contributed by atoms with E-state index in [-0.39, 0.29) is 11.3 Å². The summed E-state index contributed by atoms with van der Waals surface area (Å²) in [6.07, 6.45) is 2.55. The zero-order valence-corrected chi connectivity index (χ0v) is 21.1. The van der Waals surface area contributed by atoms with Crippen molar-refractivity contribution >= 4 is 29.2 Å². The number of rotatable bonds is 7. The number of nitrogens with zero attached hydrogens (tertiary/aromatic N) is 2. The van der Waals surface area contributed by atoms with Crippen molar-refractivity contribution in [1.82, 2.24) is 9.55 Å². The molecule has 0 unspecified atom stereocenters. The summed E-state index contributed by atoms with van der Waals surface area (Å²) in [6, 6.07) is 27.5. The minimum Gasteiger partial charge on any atom is -0.508 e. The Labute approximate surface area is 224 Å². The van der Waals surface area contributed by atoms with Crippen LogP contribution in [0.1, 0.15) is 27.3 Å². The molecule has 4 aromatic carbocycles. The van der Waals surface area contributed by atoms with Crippen LogP contribution in [0, 0.1) is 0 Å². The molecule has 0 aliphatic rings. The number of aromatic hydroxyl groups is 1. The fourth-order valence-electron chi connectivity index (χ4n) is 4.16. The van der Waals surface area contributed by atoms with E-state index in [2.05, 4.69) is 28.8 Å². The van der Waals surface area contributed by atoms with Crippen LogP contribution >= 0.6 is 23.2 Å². The summed E-state index contributed by atoms with van der Waals surface area (Å²) in [6.45, 7) is 0.527. The highest BCUT2D eigenvalue weighted by Crippen LogP contribution is 2.31. The summed E-state index contributed by atoms with van der Waals surface area (Å²) in [5.74, 6) is 0.132. The van der Waals surface area contributed by atoms with Crippen molar-refractivity contribution in [2.45, 2.75) is 13.0 Å². The molecule has 7 heteroatoms. The molecule has 0 aliphatic heterocycles. The predicted molar refractivity (Wildman–Crippen MR) is 147 cm³/mol. The maximum Gasteiger partial charge on any atom is 0.335 e. The summed E-state index contributed by atoms with van der Waals surface area (Å²) in [7, 11) is 0. The third kappa shape index (κ3) is 5.69. The van der Waals surface area contributed by atoms with E-state index in [1.807, 2.05) is 36.5 Å². The Morgan fingerprint density at radius 1 is 0.811 bits per heavy atom. The molecule has 0 radical (unpaired) electrons. The zero-order valence-electron chi connectivity index (χ0n) is 19.6. The van der Waals surface area contributed by atoms with Gasteiger partial charge >= 0.3 is 5.97 Å². The van der Waals surface area contributed by atoms with Gasteiger partial charge in [-0.1, -0.05) is 71.7 Å². The predicted octanol–water partition coefficient (Wildman–Crippen LogP) is 7.57. The van der Waals surface area contributed by atoms with Gasteiger partial charge in [-0.2, -0.15) is 0 Å². The van der Waals surface area contributed by atoms with Gasteiger partial charge in [0.15, 0.2) is 0 Å². The number of carboxylic acid groups (broad SMARTS) is 1. The van der Waals surface area contributed by atoms with Gasteiger partial charge in [0, 0.05) is 29.7 Å². The van der Waals surface area contributed by atoms with Crippen molar-refractivity contribution in [3.05, 3.63) is 130 Å². The van der Waals surface area contributed by atoms with Crippen molar-refractivity contribution in [3.63, 3.8) is 0 Å². The smallest absolute Gasteiger partial charge is 0.335 e. The lowest BCUT2D eigenvalue weighted by Gasteiger charge is -2.09. The van der Waals surface area contributed by atoms with E-state index in [9.17, 15) is 15.0 Å². The molecule has 5 rings (SSSR count). The highest BCUT2D eigenvalue weighted by molar-refractivity contribution is 6.36. The van der Waals surface area contributed by atoms with Crippen molar-refractivity contribution in [2.24, 2.45) is 0 Å². The van der Waals surface area contributed by atoms with E-state index >= 15 is 0 Å². The number of benzene rings is 4. The van der Waals surface area contributed by atoms with Gasteiger partial charge in [-0.15, -0.1) is 0 Å². The van der Waals surface area contributed by atoms with Crippen LogP contribution in [0.4, 0.5) is 0 Å². The summed E-state index contributed by atoms with van der Waals surface area (Å²) in [4.78, 5) is 16.1. The van der Waals surface area contributed by atoms with Gasteiger partial charge in [0.05, 0.1) is 16.3 Å². The highest BCUT2D eigenvalue weighted by Gasteiger charge is 2.14. The molecule has 2 N–H and O–H groups in total. The Hall–Kier alpha value is -4.06. The number of phenolic OH excluding ortho intramolecular Hbond substituents is 1. The maximum absolute atomic E-state index is 11.2. The van der Waals surface area contributed by atoms with Gasteiger partial charge in [0.25, 0.3) is 0 Å². The van der Waals surface area contributed by atoms with E-state index in [4.69, 9.17) is 28.2 Å². The first kappa shape index (κ1) is 24.6. The Balaban J connectivity index is 1.46. The molecule has 1 heterocycles.